The second-order valence-electron chi connectivity index (χ2n) is 3.78. The van der Waals surface area contributed by atoms with Crippen molar-refractivity contribution in [1.82, 2.24) is 19.8 Å². The van der Waals surface area contributed by atoms with Crippen LogP contribution in [-0.2, 0) is 0 Å². The zero-order valence-electron chi connectivity index (χ0n) is 9.32. The van der Waals surface area contributed by atoms with Crippen LogP contribution in [0.25, 0.3) is 17.0 Å². The highest BCUT2D eigenvalue weighted by molar-refractivity contribution is 6.29. The number of hydrogen-bond acceptors (Lipinski definition) is 6. The molecule has 2 heterocycles. The number of halogens is 1. The number of benzene rings is 1. The van der Waals surface area contributed by atoms with Crippen molar-refractivity contribution in [1.29, 1.82) is 0 Å². The maximum absolute atomic E-state index is 9.83. The molecule has 3 aromatic rings. The van der Waals surface area contributed by atoms with E-state index in [1.807, 2.05) is 0 Å². The molecular weight excluding hydrogens is 272 g/mol. The number of nitrogens with zero attached hydrogens (tertiary/aromatic N) is 4. The van der Waals surface area contributed by atoms with Gasteiger partial charge in [-0.2, -0.15) is 9.61 Å². The van der Waals surface area contributed by atoms with Crippen LogP contribution in [0.15, 0.2) is 24.3 Å². The molecule has 7 nitrogen and oxygen atoms in total. The Morgan fingerprint density at radius 2 is 1.74 bits per heavy atom. The fourth-order valence-electron chi connectivity index (χ4n) is 1.68. The number of hydrogen-bond donors (Lipinski definition) is 3. The highest BCUT2D eigenvalue weighted by atomic mass is 35.5. The molecule has 3 rings (SSSR count). The second-order valence-corrected chi connectivity index (χ2v) is 4.17. The molecule has 0 saturated heterocycles. The van der Waals surface area contributed by atoms with E-state index < -0.39 is 17.2 Å². The molecule has 19 heavy (non-hydrogen) atoms. The van der Waals surface area contributed by atoms with Crippen molar-refractivity contribution in [2.45, 2.75) is 0 Å². The number of aromatic nitrogens is 4. The van der Waals surface area contributed by atoms with Crippen LogP contribution in [0.2, 0.25) is 5.15 Å². The van der Waals surface area contributed by atoms with Crippen LogP contribution in [0.1, 0.15) is 0 Å². The van der Waals surface area contributed by atoms with Gasteiger partial charge in [-0.25, -0.2) is 0 Å². The first kappa shape index (κ1) is 11.5. The maximum Gasteiger partial charge on any atom is 0.201 e. The predicted molar refractivity (Wildman–Crippen MR) is 66.2 cm³/mol. The molecule has 0 atom stereocenters. The molecule has 0 aliphatic heterocycles. The first-order valence-electron chi connectivity index (χ1n) is 5.20. The highest BCUT2D eigenvalue weighted by Crippen LogP contribution is 2.41. The summed E-state index contributed by atoms with van der Waals surface area (Å²) >= 11 is 5.79. The van der Waals surface area contributed by atoms with Crippen molar-refractivity contribution in [2.75, 3.05) is 0 Å². The summed E-state index contributed by atoms with van der Waals surface area (Å²) in [6.07, 6.45) is 0. The number of fused-ring (bicyclic) bond motifs is 1. The first-order chi connectivity index (χ1) is 9.08. The van der Waals surface area contributed by atoms with Crippen LogP contribution in [0.4, 0.5) is 0 Å². The average molecular weight is 279 g/mol. The Balaban J connectivity index is 2.31. The normalized spacial score (nSPS) is 11.0. The van der Waals surface area contributed by atoms with Gasteiger partial charge in [-0.3, -0.25) is 0 Å². The quantitative estimate of drug-likeness (QED) is 0.584. The highest BCUT2D eigenvalue weighted by Gasteiger charge is 2.18. The van der Waals surface area contributed by atoms with E-state index in [-0.39, 0.29) is 16.5 Å². The molecule has 0 aliphatic rings. The minimum atomic E-state index is -0.628. The summed E-state index contributed by atoms with van der Waals surface area (Å²) in [6.45, 7) is 0. The van der Waals surface area contributed by atoms with Crippen LogP contribution in [0.5, 0.6) is 17.2 Å². The Kier molecular flexibility index (Phi) is 2.42. The van der Waals surface area contributed by atoms with Gasteiger partial charge in [0.2, 0.25) is 5.75 Å². The summed E-state index contributed by atoms with van der Waals surface area (Å²) in [7, 11) is 0. The number of rotatable bonds is 1. The zero-order chi connectivity index (χ0) is 13.6. The van der Waals surface area contributed by atoms with E-state index in [1.54, 1.807) is 12.1 Å². The summed E-state index contributed by atoms with van der Waals surface area (Å²) in [6, 6.07) is 5.80. The lowest BCUT2D eigenvalue weighted by atomic mass is 10.1. The topological polar surface area (TPSA) is 104 Å². The molecule has 2 aromatic heterocycles. The Bertz CT molecular complexity index is 787. The lowest BCUT2D eigenvalue weighted by Crippen LogP contribution is -1.95. The van der Waals surface area contributed by atoms with Gasteiger partial charge in [0.15, 0.2) is 23.0 Å². The molecule has 0 amide bonds. The van der Waals surface area contributed by atoms with Gasteiger partial charge in [0.1, 0.15) is 5.15 Å². The number of phenols is 3. The van der Waals surface area contributed by atoms with Gasteiger partial charge >= 0.3 is 0 Å². The summed E-state index contributed by atoms with van der Waals surface area (Å²) in [4.78, 5) is 0. The van der Waals surface area contributed by atoms with Crippen molar-refractivity contribution in [2.24, 2.45) is 0 Å². The SMILES string of the molecule is Oc1ccc(-c2nnc3ccc(Cl)nn23)c(O)c1O. The van der Waals surface area contributed by atoms with E-state index in [0.717, 1.165) is 0 Å². The number of aromatic hydroxyl groups is 3. The van der Waals surface area contributed by atoms with Gasteiger partial charge in [-0.1, -0.05) is 11.6 Å². The zero-order valence-corrected chi connectivity index (χ0v) is 10.1. The molecule has 3 N–H and O–H groups in total. The fraction of sp³-hybridized carbons (Fsp3) is 0. The first-order valence-corrected chi connectivity index (χ1v) is 5.58. The predicted octanol–water partition coefficient (Wildman–Crippen LogP) is 1.56. The van der Waals surface area contributed by atoms with Gasteiger partial charge in [0.05, 0.1) is 5.56 Å². The van der Waals surface area contributed by atoms with E-state index in [9.17, 15) is 15.3 Å². The lowest BCUT2D eigenvalue weighted by Gasteiger charge is -2.05. The third kappa shape index (κ3) is 1.71. The minimum absolute atomic E-state index is 0.178. The Morgan fingerprint density at radius 1 is 0.947 bits per heavy atom. The number of phenolic OH excluding ortho intramolecular Hbond substituents is 3. The monoisotopic (exact) mass is 278 g/mol. The van der Waals surface area contributed by atoms with Gasteiger partial charge in [-0.15, -0.1) is 10.2 Å². The molecule has 0 spiro atoms. The van der Waals surface area contributed by atoms with Crippen molar-refractivity contribution < 1.29 is 15.3 Å². The van der Waals surface area contributed by atoms with Crippen LogP contribution in [0, 0.1) is 0 Å². The average Bonchev–Trinajstić information content (AvgIpc) is 2.79. The fourth-order valence-corrected chi connectivity index (χ4v) is 1.82. The molecule has 0 unspecified atom stereocenters. The largest absolute Gasteiger partial charge is 0.504 e. The summed E-state index contributed by atoms with van der Waals surface area (Å²) in [5.74, 6) is -1.36. The van der Waals surface area contributed by atoms with Crippen molar-refractivity contribution >= 4 is 17.2 Å². The van der Waals surface area contributed by atoms with E-state index in [2.05, 4.69) is 15.3 Å². The van der Waals surface area contributed by atoms with E-state index in [0.29, 0.717) is 5.65 Å². The molecule has 96 valence electrons. The third-order valence-electron chi connectivity index (χ3n) is 2.60. The minimum Gasteiger partial charge on any atom is -0.504 e. The summed E-state index contributed by atoms with van der Waals surface area (Å²) in [5.41, 5.74) is 0.615. The summed E-state index contributed by atoms with van der Waals surface area (Å²) in [5, 5.41) is 40.6. The van der Waals surface area contributed by atoms with Gasteiger partial charge in [0.25, 0.3) is 0 Å². The molecule has 0 saturated carbocycles. The smallest absolute Gasteiger partial charge is 0.201 e. The Labute approximate surface area is 111 Å². The maximum atomic E-state index is 9.83. The molecule has 0 radical (unpaired) electrons. The molecule has 0 aliphatic carbocycles. The van der Waals surface area contributed by atoms with Crippen LogP contribution < -0.4 is 0 Å². The van der Waals surface area contributed by atoms with Gasteiger partial charge in [0, 0.05) is 0 Å². The molecule has 0 fully saturated rings. The van der Waals surface area contributed by atoms with E-state index >= 15 is 0 Å². The van der Waals surface area contributed by atoms with E-state index in [4.69, 9.17) is 11.6 Å². The third-order valence-corrected chi connectivity index (χ3v) is 2.80. The van der Waals surface area contributed by atoms with Crippen molar-refractivity contribution in [3.05, 3.63) is 29.4 Å². The molecular formula is C11H7ClN4O3. The molecule has 0 bridgehead atoms. The van der Waals surface area contributed by atoms with Crippen LogP contribution >= 0.6 is 11.6 Å². The Hall–Kier alpha value is -2.54. The second kappa shape index (κ2) is 3.99. The van der Waals surface area contributed by atoms with Gasteiger partial charge < -0.3 is 15.3 Å². The van der Waals surface area contributed by atoms with Crippen molar-refractivity contribution in [3.8, 4) is 28.6 Å². The molecule has 8 heteroatoms. The van der Waals surface area contributed by atoms with E-state index in [1.165, 1.54) is 16.6 Å². The lowest BCUT2D eigenvalue weighted by molar-refractivity contribution is 0.368. The van der Waals surface area contributed by atoms with Crippen LogP contribution in [0.3, 0.4) is 0 Å². The van der Waals surface area contributed by atoms with Gasteiger partial charge in [-0.05, 0) is 24.3 Å². The molecule has 1 aromatic carbocycles. The standard InChI is InChI=1S/C11H7ClN4O3/c12-7-3-4-8-13-14-11(16(8)15-7)5-1-2-6(17)10(19)9(5)18/h1-4,17-19H. The summed E-state index contributed by atoms with van der Waals surface area (Å²) < 4.78 is 1.33. The Morgan fingerprint density at radius 3 is 2.53 bits per heavy atom. The van der Waals surface area contributed by atoms with Crippen LogP contribution in [-0.4, -0.2) is 35.1 Å². The van der Waals surface area contributed by atoms with Crippen molar-refractivity contribution in [3.63, 3.8) is 0 Å².